The lowest BCUT2D eigenvalue weighted by Crippen LogP contribution is -2.25. The molecule has 1 heterocycles. The van der Waals surface area contributed by atoms with Crippen molar-refractivity contribution in [2.24, 2.45) is 5.92 Å². The van der Waals surface area contributed by atoms with Gasteiger partial charge in [0.25, 0.3) is 0 Å². The monoisotopic (exact) mass is 407 g/mol. The zero-order valence-electron chi connectivity index (χ0n) is 15.6. The zero-order chi connectivity index (χ0) is 19.4. The van der Waals surface area contributed by atoms with Crippen molar-refractivity contribution < 1.29 is 13.2 Å². The highest BCUT2D eigenvalue weighted by atomic mass is 32.2. The number of amides is 1. The summed E-state index contributed by atoms with van der Waals surface area (Å²) in [5, 5.41) is 5.35. The molecule has 1 amide bonds. The summed E-state index contributed by atoms with van der Waals surface area (Å²) in [6, 6.07) is 7.24. The van der Waals surface area contributed by atoms with Crippen LogP contribution in [-0.4, -0.2) is 32.6 Å². The van der Waals surface area contributed by atoms with Gasteiger partial charge in [0.05, 0.1) is 17.9 Å². The van der Waals surface area contributed by atoms with Gasteiger partial charge in [0.15, 0.2) is 5.13 Å². The number of thiazole rings is 1. The van der Waals surface area contributed by atoms with Crippen molar-refractivity contribution >= 4 is 38.1 Å². The maximum absolute atomic E-state index is 12.9. The van der Waals surface area contributed by atoms with Crippen LogP contribution in [-0.2, 0) is 14.8 Å². The Bertz CT molecular complexity index is 858. The summed E-state index contributed by atoms with van der Waals surface area (Å²) in [5.41, 5.74) is 1.49. The normalized spacial score (nSPS) is 16.2. The molecule has 146 valence electrons. The minimum Gasteiger partial charge on any atom is -0.301 e. The summed E-state index contributed by atoms with van der Waals surface area (Å²) in [4.78, 5) is 17.1. The SMILES string of the molecule is CN(c1ccc(C(CC2CCCC2)C(=O)Nc2nccs2)cc1)S(C)(=O)=O. The fourth-order valence-corrected chi connectivity index (χ4v) is 4.60. The molecule has 3 rings (SSSR count). The van der Waals surface area contributed by atoms with E-state index in [1.165, 1.54) is 41.8 Å². The van der Waals surface area contributed by atoms with Gasteiger partial charge in [-0.3, -0.25) is 9.10 Å². The summed E-state index contributed by atoms with van der Waals surface area (Å²) in [6.45, 7) is 0. The Hall–Kier alpha value is -1.93. The van der Waals surface area contributed by atoms with E-state index in [4.69, 9.17) is 0 Å². The van der Waals surface area contributed by atoms with Crippen LogP contribution < -0.4 is 9.62 Å². The molecular formula is C19H25N3O3S2. The van der Waals surface area contributed by atoms with Crippen LogP contribution in [0.1, 0.15) is 43.6 Å². The fraction of sp³-hybridized carbons (Fsp3) is 0.474. The van der Waals surface area contributed by atoms with Gasteiger partial charge in [-0.25, -0.2) is 13.4 Å². The Balaban J connectivity index is 1.81. The molecule has 1 saturated carbocycles. The largest absolute Gasteiger partial charge is 0.301 e. The zero-order valence-corrected chi connectivity index (χ0v) is 17.2. The fourth-order valence-electron chi connectivity index (χ4n) is 3.56. The Kier molecular flexibility index (Phi) is 6.16. The van der Waals surface area contributed by atoms with Crippen molar-refractivity contribution in [1.29, 1.82) is 0 Å². The molecule has 1 aliphatic carbocycles. The lowest BCUT2D eigenvalue weighted by Gasteiger charge is -2.22. The van der Waals surface area contributed by atoms with E-state index < -0.39 is 10.0 Å². The van der Waals surface area contributed by atoms with E-state index >= 15 is 0 Å². The highest BCUT2D eigenvalue weighted by molar-refractivity contribution is 7.92. The Morgan fingerprint density at radius 2 is 1.96 bits per heavy atom. The molecule has 6 nitrogen and oxygen atoms in total. The van der Waals surface area contributed by atoms with Gasteiger partial charge in [-0.2, -0.15) is 0 Å². The van der Waals surface area contributed by atoms with Gasteiger partial charge in [-0.1, -0.05) is 37.8 Å². The summed E-state index contributed by atoms with van der Waals surface area (Å²) < 4.78 is 24.7. The van der Waals surface area contributed by atoms with E-state index in [1.54, 1.807) is 18.3 Å². The first-order chi connectivity index (χ1) is 12.8. The first-order valence-electron chi connectivity index (χ1n) is 9.09. The number of rotatable bonds is 7. The number of sulfonamides is 1. The number of carbonyl (C=O) groups is 1. The molecule has 8 heteroatoms. The lowest BCUT2D eigenvalue weighted by atomic mass is 9.87. The number of hydrogen-bond donors (Lipinski definition) is 1. The van der Waals surface area contributed by atoms with E-state index in [0.29, 0.717) is 16.7 Å². The highest BCUT2D eigenvalue weighted by Crippen LogP contribution is 2.35. The van der Waals surface area contributed by atoms with Crippen LogP contribution in [0.25, 0.3) is 0 Å². The van der Waals surface area contributed by atoms with E-state index in [-0.39, 0.29) is 11.8 Å². The summed E-state index contributed by atoms with van der Waals surface area (Å²) >= 11 is 1.40. The van der Waals surface area contributed by atoms with Crippen LogP contribution in [0.5, 0.6) is 0 Å². The van der Waals surface area contributed by atoms with Crippen molar-refractivity contribution in [2.45, 2.75) is 38.0 Å². The quantitative estimate of drug-likeness (QED) is 0.756. The molecule has 2 aromatic rings. The smallest absolute Gasteiger partial charge is 0.233 e. The molecule has 0 saturated heterocycles. The molecule has 1 unspecified atom stereocenters. The van der Waals surface area contributed by atoms with Crippen LogP contribution in [0.4, 0.5) is 10.8 Å². The van der Waals surface area contributed by atoms with Gasteiger partial charge in [-0.05, 0) is 30.0 Å². The predicted molar refractivity (Wildman–Crippen MR) is 110 cm³/mol. The van der Waals surface area contributed by atoms with E-state index in [1.807, 2.05) is 17.5 Å². The molecular weight excluding hydrogens is 382 g/mol. The average Bonchev–Trinajstić information content (AvgIpc) is 3.32. The van der Waals surface area contributed by atoms with Crippen LogP contribution in [0.2, 0.25) is 0 Å². The van der Waals surface area contributed by atoms with Crippen LogP contribution in [0.15, 0.2) is 35.8 Å². The van der Waals surface area contributed by atoms with Gasteiger partial charge in [0.1, 0.15) is 0 Å². The van der Waals surface area contributed by atoms with Gasteiger partial charge in [0.2, 0.25) is 15.9 Å². The van der Waals surface area contributed by atoms with Crippen LogP contribution in [0, 0.1) is 5.92 Å². The number of nitrogens with zero attached hydrogens (tertiary/aromatic N) is 2. The summed E-state index contributed by atoms with van der Waals surface area (Å²) in [5.74, 6) is 0.228. The molecule has 0 spiro atoms. The molecule has 0 radical (unpaired) electrons. The molecule has 1 N–H and O–H groups in total. The van der Waals surface area contributed by atoms with Crippen molar-refractivity contribution in [3.63, 3.8) is 0 Å². The van der Waals surface area contributed by atoms with E-state index in [9.17, 15) is 13.2 Å². The molecule has 0 bridgehead atoms. The molecule has 27 heavy (non-hydrogen) atoms. The molecule has 1 aromatic carbocycles. The molecule has 1 atom stereocenters. The number of nitrogens with one attached hydrogen (secondary N) is 1. The van der Waals surface area contributed by atoms with Gasteiger partial charge in [0, 0.05) is 18.6 Å². The molecule has 1 fully saturated rings. The number of hydrogen-bond acceptors (Lipinski definition) is 5. The third-order valence-electron chi connectivity index (χ3n) is 5.18. The highest BCUT2D eigenvalue weighted by Gasteiger charge is 2.27. The van der Waals surface area contributed by atoms with Gasteiger partial charge in [-0.15, -0.1) is 11.3 Å². The number of aromatic nitrogens is 1. The maximum Gasteiger partial charge on any atom is 0.233 e. The third-order valence-corrected chi connectivity index (χ3v) is 7.07. The van der Waals surface area contributed by atoms with Gasteiger partial charge >= 0.3 is 0 Å². The maximum atomic E-state index is 12.9. The minimum atomic E-state index is -3.31. The Labute approximate surface area is 164 Å². The third kappa shape index (κ3) is 5.07. The lowest BCUT2D eigenvalue weighted by molar-refractivity contribution is -0.118. The van der Waals surface area contributed by atoms with Crippen LogP contribution in [0.3, 0.4) is 0 Å². The van der Waals surface area contributed by atoms with Crippen molar-refractivity contribution in [3.8, 4) is 0 Å². The van der Waals surface area contributed by atoms with Crippen LogP contribution >= 0.6 is 11.3 Å². The topological polar surface area (TPSA) is 79.4 Å². The van der Waals surface area contributed by atoms with Crippen molar-refractivity contribution in [1.82, 2.24) is 4.98 Å². The average molecular weight is 408 g/mol. The second-order valence-electron chi connectivity index (χ2n) is 7.09. The van der Waals surface area contributed by atoms with Crippen molar-refractivity contribution in [3.05, 3.63) is 41.4 Å². The molecule has 0 aliphatic heterocycles. The van der Waals surface area contributed by atoms with Crippen molar-refractivity contribution in [2.75, 3.05) is 22.9 Å². The number of benzene rings is 1. The predicted octanol–water partition coefficient (Wildman–Crippen LogP) is 3.84. The standard InChI is InChI=1S/C19H25N3O3S2/c1-22(27(2,24)25)16-9-7-15(8-10-16)17(13-14-5-3-4-6-14)18(23)21-19-20-11-12-26-19/h7-12,14,17H,3-6,13H2,1-2H3,(H,20,21,23). The first-order valence-corrected chi connectivity index (χ1v) is 11.8. The summed E-state index contributed by atoms with van der Waals surface area (Å²) in [7, 11) is -1.79. The number of anilines is 2. The minimum absolute atomic E-state index is 0.0546. The second-order valence-corrected chi connectivity index (χ2v) is 10.00. The Morgan fingerprint density at radius 3 is 2.52 bits per heavy atom. The van der Waals surface area contributed by atoms with E-state index in [0.717, 1.165) is 24.8 Å². The first kappa shape index (κ1) is 19.8. The van der Waals surface area contributed by atoms with Gasteiger partial charge < -0.3 is 5.32 Å². The van der Waals surface area contributed by atoms with E-state index in [2.05, 4.69) is 10.3 Å². The summed E-state index contributed by atoms with van der Waals surface area (Å²) in [6.07, 6.45) is 8.42. The Morgan fingerprint density at radius 1 is 1.30 bits per heavy atom. The number of carbonyl (C=O) groups excluding carboxylic acids is 1. The second kappa shape index (κ2) is 8.39. The molecule has 1 aliphatic rings. The molecule has 1 aromatic heterocycles.